The summed E-state index contributed by atoms with van der Waals surface area (Å²) in [5.74, 6) is 0.849. The number of halogens is 1. The van der Waals surface area contributed by atoms with Crippen molar-refractivity contribution in [3.63, 3.8) is 0 Å². The van der Waals surface area contributed by atoms with Gasteiger partial charge in [-0.1, -0.05) is 88.1 Å². The number of unbranched alkanes of at least 4 members (excludes halogenated alkanes) is 9. The molecule has 2 aromatic heterocycles. The van der Waals surface area contributed by atoms with Gasteiger partial charge < -0.3 is 24.8 Å². The topological polar surface area (TPSA) is 171 Å². The summed E-state index contributed by atoms with van der Waals surface area (Å²) in [5, 5.41) is 5.29. The van der Waals surface area contributed by atoms with E-state index in [1.807, 2.05) is 42.2 Å². The molecule has 0 saturated carbocycles. The number of ketones is 1. The van der Waals surface area contributed by atoms with Crippen molar-refractivity contribution in [2.24, 2.45) is 0 Å². The molecule has 0 radical (unpaired) electrons. The van der Waals surface area contributed by atoms with E-state index in [0.717, 1.165) is 74.6 Å². The third-order valence-corrected chi connectivity index (χ3v) is 13.9. The van der Waals surface area contributed by atoms with Gasteiger partial charge in [-0.2, -0.15) is 0 Å². The molecule has 1 fully saturated rings. The zero-order valence-corrected chi connectivity index (χ0v) is 39.0. The van der Waals surface area contributed by atoms with E-state index in [1.54, 1.807) is 43.5 Å². The van der Waals surface area contributed by atoms with E-state index in [9.17, 15) is 28.8 Å². The highest BCUT2D eigenvalue weighted by Crippen LogP contribution is 2.38. The van der Waals surface area contributed by atoms with Crippen LogP contribution in [0.1, 0.15) is 146 Å². The van der Waals surface area contributed by atoms with E-state index in [4.69, 9.17) is 21.3 Å². The molecule has 7 rings (SSSR count). The van der Waals surface area contributed by atoms with Gasteiger partial charge in [0.2, 0.25) is 23.6 Å². The van der Waals surface area contributed by atoms with Gasteiger partial charge in [0.15, 0.2) is 11.6 Å². The number of nitrogens with one attached hydrogen (secondary N) is 2. The molecule has 16 heteroatoms. The Morgan fingerprint density at radius 3 is 2.34 bits per heavy atom. The highest BCUT2D eigenvalue weighted by molar-refractivity contribution is 7.16. The molecule has 3 aliphatic rings. The Labute approximate surface area is 389 Å². The first-order chi connectivity index (χ1) is 31.4. The maximum atomic E-state index is 13.3. The molecule has 4 aromatic rings. The molecule has 14 nitrogen and oxygen atoms in total. The Morgan fingerprint density at radius 1 is 0.938 bits per heavy atom. The Bertz CT molecular complexity index is 2420. The molecular formula is C49H58ClN7O7S. The van der Waals surface area contributed by atoms with Crippen molar-refractivity contribution in [3.05, 3.63) is 92.0 Å². The van der Waals surface area contributed by atoms with Gasteiger partial charge in [0.05, 0.1) is 24.2 Å². The van der Waals surface area contributed by atoms with Crippen molar-refractivity contribution in [2.45, 2.75) is 135 Å². The molecule has 344 valence electrons. The quantitative estimate of drug-likeness (QED) is 0.0441. The smallest absolute Gasteiger partial charge is 0.255 e. The number of amides is 5. The van der Waals surface area contributed by atoms with E-state index < -0.39 is 11.9 Å². The average molecular weight is 925 g/mol. The third kappa shape index (κ3) is 11.4. The second-order valence-electron chi connectivity index (χ2n) is 17.1. The number of imide groups is 1. The van der Waals surface area contributed by atoms with Crippen molar-refractivity contribution < 1.29 is 33.5 Å². The molecule has 5 amide bonds. The monoisotopic (exact) mass is 923 g/mol. The summed E-state index contributed by atoms with van der Waals surface area (Å²) < 4.78 is 6.44. The van der Waals surface area contributed by atoms with E-state index in [2.05, 4.69) is 15.6 Å². The highest BCUT2D eigenvalue weighted by Gasteiger charge is 2.40. The molecule has 2 N–H and O–H groups in total. The number of nitrogens with zero attached hydrogens (tertiary/aromatic N) is 5. The second kappa shape index (κ2) is 22.0. The van der Waals surface area contributed by atoms with Gasteiger partial charge in [-0.25, -0.2) is 9.97 Å². The van der Waals surface area contributed by atoms with Crippen LogP contribution in [0.15, 0.2) is 54.7 Å². The number of carbonyl (C=O) groups is 6. The predicted octanol–water partition coefficient (Wildman–Crippen LogP) is 8.82. The maximum absolute atomic E-state index is 13.3. The van der Waals surface area contributed by atoms with Crippen molar-refractivity contribution in [2.75, 3.05) is 29.3 Å². The van der Waals surface area contributed by atoms with Gasteiger partial charge in [0.25, 0.3) is 5.91 Å². The number of thiophene rings is 1. The Balaban J connectivity index is 0.777. The summed E-state index contributed by atoms with van der Waals surface area (Å²) in [6, 6.07) is 13.6. The molecule has 5 heterocycles. The fourth-order valence-corrected chi connectivity index (χ4v) is 10.1. The third-order valence-electron chi connectivity index (χ3n) is 12.6. The van der Waals surface area contributed by atoms with Gasteiger partial charge in [-0.05, 0) is 56.0 Å². The fraction of sp³-hybridized carbons (Fsp3) is 0.469. The van der Waals surface area contributed by atoms with Crippen LogP contribution in [0.4, 0.5) is 17.2 Å². The first-order valence-electron chi connectivity index (χ1n) is 22.9. The maximum Gasteiger partial charge on any atom is 0.255 e. The SMILES string of the molecule is CC[C@@H]1C(=O)N(C)c2cnc(Cc3ccc(C(=O)CCCCCCCCCCCCC(=O)Nc4cccc5c4CN(C4CCC(=O)NC4=O)C5=O)cc3OC)nc2N1Cc1ccc(Cl)s1. The van der Waals surface area contributed by atoms with Crippen molar-refractivity contribution in [1.82, 2.24) is 20.2 Å². The van der Waals surface area contributed by atoms with Crippen molar-refractivity contribution in [3.8, 4) is 5.75 Å². The van der Waals surface area contributed by atoms with E-state index in [0.29, 0.717) is 88.4 Å². The molecule has 3 aliphatic heterocycles. The number of fused-ring (bicyclic) bond motifs is 2. The molecule has 2 atom stereocenters. The summed E-state index contributed by atoms with van der Waals surface area (Å²) >= 11 is 7.72. The lowest BCUT2D eigenvalue weighted by Crippen LogP contribution is -2.52. The standard InChI is InChI=1S/C49H58ClN7O7S/c1-4-37-49(63)55(2)39-28-51-43(53-46(39)56(37)29-33-22-24-42(50)65-33)27-32-21-20-31(26-41(32)64-3)40(58)18-13-11-9-7-5-6-8-10-12-14-19-44(59)52-36-17-15-16-34-35(36)30-57(48(34)62)38-23-25-45(60)54-47(38)61/h15-17,20-22,24,26,28,37-38H,4-14,18-19,23,25,27,29-30H2,1-3H3,(H,52,59)(H,54,60,61)/t37-,38?/m1/s1. The second-order valence-corrected chi connectivity index (χ2v) is 18.9. The van der Waals surface area contributed by atoms with Crippen LogP contribution in [0, 0.1) is 0 Å². The van der Waals surface area contributed by atoms with Gasteiger partial charge in [0, 0.05) is 72.1 Å². The highest BCUT2D eigenvalue weighted by atomic mass is 35.5. The van der Waals surface area contributed by atoms with Gasteiger partial charge in [-0.3, -0.25) is 34.1 Å². The number of likely N-dealkylation sites (N-methyl/N-ethyl adjacent to an activating group) is 1. The fourth-order valence-electron chi connectivity index (χ4n) is 9.02. The number of hydrogen-bond acceptors (Lipinski definition) is 11. The summed E-state index contributed by atoms with van der Waals surface area (Å²) in [7, 11) is 3.36. The number of carbonyl (C=O) groups excluding carboxylic acids is 6. The predicted molar refractivity (Wildman–Crippen MR) is 252 cm³/mol. The lowest BCUT2D eigenvalue weighted by atomic mass is 10.00. The lowest BCUT2D eigenvalue weighted by Gasteiger charge is -2.40. The minimum atomic E-state index is -0.699. The number of methoxy groups -OCH3 is 1. The van der Waals surface area contributed by atoms with Crippen LogP contribution in [-0.4, -0.2) is 76.4 Å². The van der Waals surface area contributed by atoms with E-state index in [1.165, 1.54) is 16.2 Å². The summed E-state index contributed by atoms with van der Waals surface area (Å²) in [6.45, 7) is 2.73. The van der Waals surface area contributed by atoms with E-state index in [-0.39, 0.29) is 48.4 Å². The van der Waals surface area contributed by atoms with Crippen LogP contribution in [0.3, 0.4) is 0 Å². The van der Waals surface area contributed by atoms with Crippen LogP contribution in [0.2, 0.25) is 4.34 Å². The van der Waals surface area contributed by atoms with Gasteiger partial charge in [-0.15, -0.1) is 11.3 Å². The average Bonchev–Trinajstić information content (AvgIpc) is 3.87. The number of ether oxygens (including phenoxy) is 1. The lowest BCUT2D eigenvalue weighted by molar-refractivity contribution is -0.137. The number of Topliss-reactive ketones (excluding diaryl/α,β-unsaturated/α-hetero) is 1. The zero-order chi connectivity index (χ0) is 46.0. The van der Waals surface area contributed by atoms with Crippen molar-refractivity contribution in [1.29, 1.82) is 0 Å². The number of piperidine rings is 1. The number of anilines is 3. The summed E-state index contributed by atoms with van der Waals surface area (Å²) in [6.07, 6.45) is 14.3. The number of rotatable bonds is 22. The normalized spacial score (nSPS) is 17.0. The molecule has 65 heavy (non-hydrogen) atoms. The van der Waals surface area contributed by atoms with Crippen LogP contribution in [-0.2, 0) is 38.7 Å². The first kappa shape index (κ1) is 47.3. The van der Waals surface area contributed by atoms with Gasteiger partial charge in [0.1, 0.15) is 29.3 Å². The Kier molecular flexibility index (Phi) is 16.0. The Hall–Kier alpha value is -5.67. The minimum absolute atomic E-state index is 0.00208. The number of aromatic nitrogens is 2. The number of hydrogen-bond donors (Lipinski definition) is 2. The van der Waals surface area contributed by atoms with Crippen LogP contribution >= 0.6 is 22.9 Å². The van der Waals surface area contributed by atoms with Crippen LogP contribution in [0.5, 0.6) is 5.75 Å². The van der Waals surface area contributed by atoms with E-state index >= 15 is 0 Å². The first-order valence-corrected chi connectivity index (χ1v) is 24.1. The molecule has 1 saturated heterocycles. The van der Waals surface area contributed by atoms with Gasteiger partial charge >= 0.3 is 0 Å². The molecule has 0 spiro atoms. The molecular weight excluding hydrogens is 866 g/mol. The molecule has 0 bridgehead atoms. The number of benzene rings is 2. The summed E-state index contributed by atoms with van der Waals surface area (Å²) in [5.41, 5.74) is 3.92. The minimum Gasteiger partial charge on any atom is -0.496 e. The molecule has 1 unspecified atom stereocenters. The zero-order valence-electron chi connectivity index (χ0n) is 37.5. The Morgan fingerprint density at radius 2 is 1.66 bits per heavy atom. The summed E-state index contributed by atoms with van der Waals surface area (Å²) in [4.78, 5) is 92.2. The largest absolute Gasteiger partial charge is 0.496 e. The molecule has 0 aliphatic carbocycles. The van der Waals surface area contributed by atoms with Crippen molar-refractivity contribution >= 4 is 75.4 Å². The molecule has 2 aromatic carbocycles. The van der Waals surface area contributed by atoms with Crippen LogP contribution in [0.25, 0.3) is 0 Å². The van der Waals surface area contributed by atoms with Crippen LogP contribution < -0.4 is 25.2 Å².